The number of sulfonamides is 1. The van der Waals surface area contributed by atoms with Gasteiger partial charge in [0, 0.05) is 5.02 Å². The van der Waals surface area contributed by atoms with Gasteiger partial charge < -0.3 is 9.26 Å². The first-order valence-electron chi connectivity index (χ1n) is 6.88. The second-order valence-corrected chi connectivity index (χ2v) is 6.92. The molecule has 1 N–H and O–H groups in total. The van der Waals surface area contributed by atoms with Crippen molar-refractivity contribution >= 4 is 27.5 Å². The van der Waals surface area contributed by atoms with Gasteiger partial charge >= 0.3 is 0 Å². The van der Waals surface area contributed by atoms with Crippen molar-refractivity contribution in [2.75, 3.05) is 11.8 Å². The minimum Gasteiger partial charge on any atom is -0.495 e. The van der Waals surface area contributed by atoms with E-state index in [-0.39, 0.29) is 21.6 Å². The Morgan fingerprint density at radius 2 is 1.92 bits per heavy atom. The first-order chi connectivity index (χ1) is 11.5. The summed E-state index contributed by atoms with van der Waals surface area (Å²) in [7, 11) is -2.59. The van der Waals surface area contributed by atoms with Crippen LogP contribution in [-0.4, -0.2) is 20.7 Å². The van der Waals surface area contributed by atoms with Gasteiger partial charge in [-0.05, 0) is 23.8 Å². The average Bonchev–Trinajstić information content (AvgIpc) is 3.03. The zero-order chi connectivity index (χ0) is 17.2. The molecule has 1 heterocycles. The zero-order valence-electron chi connectivity index (χ0n) is 12.6. The predicted molar refractivity (Wildman–Crippen MR) is 90.8 cm³/mol. The Hall–Kier alpha value is -2.51. The van der Waals surface area contributed by atoms with Gasteiger partial charge in [-0.2, -0.15) is 0 Å². The molecule has 1 aromatic heterocycles. The highest BCUT2D eigenvalue weighted by atomic mass is 35.5. The van der Waals surface area contributed by atoms with Gasteiger partial charge in [-0.15, -0.1) is 0 Å². The average molecular weight is 365 g/mol. The van der Waals surface area contributed by atoms with Gasteiger partial charge in [0.25, 0.3) is 10.0 Å². The van der Waals surface area contributed by atoms with Crippen molar-refractivity contribution in [1.82, 2.24) is 5.16 Å². The molecule has 0 radical (unpaired) electrons. The van der Waals surface area contributed by atoms with Gasteiger partial charge in [-0.25, -0.2) is 13.1 Å². The van der Waals surface area contributed by atoms with E-state index < -0.39 is 10.0 Å². The van der Waals surface area contributed by atoms with Crippen molar-refractivity contribution in [3.63, 3.8) is 0 Å². The number of ether oxygens (including phenoxy) is 1. The van der Waals surface area contributed by atoms with Crippen LogP contribution in [0.1, 0.15) is 0 Å². The lowest BCUT2D eigenvalue weighted by atomic mass is 10.1. The number of hydrogen-bond acceptors (Lipinski definition) is 5. The fourth-order valence-corrected chi connectivity index (χ4v) is 3.61. The first kappa shape index (κ1) is 16.4. The summed E-state index contributed by atoms with van der Waals surface area (Å²) in [6, 6.07) is 13.5. The summed E-state index contributed by atoms with van der Waals surface area (Å²) in [6.07, 6.45) is 1.45. The van der Waals surface area contributed by atoms with E-state index in [2.05, 4.69) is 9.88 Å². The Kier molecular flexibility index (Phi) is 4.46. The van der Waals surface area contributed by atoms with Crippen molar-refractivity contribution in [3.05, 3.63) is 59.8 Å². The van der Waals surface area contributed by atoms with E-state index >= 15 is 0 Å². The maximum atomic E-state index is 12.7. The summed E-state index contributed by atoms with van der Waals surface area (Å²) < 4.78 is 37.9. The molecule has 3 aromatic rings. The number of anilines is 1. The molecule has 6 nitrogen and oxygen atoms in total. The van der Waals surface area contributed by atoms with Crippen LogP contribution >= 0.6 is 11.6 Å². The molecule has 124 valence electrons. The Balaban J connectivity index is 2.01. The van der Waals surface area contributed by atoms with Crippen LogP contribution in [0.25, 0.3) is 11.1 Å². The number of aromatic nitrogens is 1. The lowest BCUT2D eigenvalue weighted by molar-refractivity contribution is 0.402. The molecular weight excluding hydrogens is 352 g/mol. The molecule has 0 saturated carbocycles. The number of benzene rings is 2. The Labute approximate surface area is 144 Å². The first-order valence-corrected chi connectivity index (χ1v) is 8.74. The van der Waals surface area contributed by atoms with E-state index in [1.54, 1.807) is 6.07 Å². The lowest BCUT2D eigenvalue weighted by Gasteiger charge is -2.11. The molecule has 0 saturated heterocycles. The smallest absolute Gasteiger partial charge is 0.268 e. The van der Waals surface area contributed by atoms with Crippen molar-refractivity contribution in [1.29, 1.82) is 0 Å². The minimum absolute atomic E-state index is 0.0169. The molecule has 0 atom stereocenters. The van der Waals surface area contributed by atoms with E-state index in [4.69, 9.17) is 20.9 Å². The highest BCUT2D eigenvalue weighted by molar-refractivity contribution is 7.92. The molecule has 24 heavy (non-hydrogen) atoms. The number of nitrogens with one attached hydrogen (secondary N) is 1. The quantitative estimate of drug-likeness (QED) is 0.744. The largest absolute Gasteiger partial charge is 0.495 e. The molecule has 0 unspecified atom stereocenters. The SMILES string of the molecule is COc1ccc(Cl)cc1S(=O)(=O)Nc1oncc1-c1ccccc1. The molecule has 0 spiro atoms. The van der Waals surface area contributed by atoms with E-state index in [1.165, 1.54) is 25.4 Å². The van der Waals surface area contributed by atoms with Gasteiger partial charge in [-0.1, -0.05) is 47.1 Å². The van der Waals surface area contributed by atoms with Gasteiger partial charge in [-0.3, -0.25) is 0 Å². The Morgan fingerprint density at radius 3 is 2.62 bits per heavy atom. The normalized spacial score (nSPS) is 11.2. The van der Waals surface area contributed by atoms with Crippen LogP contribution in [0.3, 0.4) is 0 Å². The molecular formula is C16H13ClN2O4S. The van der Waals surface area contributed by atoms with Gasteiger partial charge in [0.15, 0.2) is 0 Å². The van der Waals surface area contributed by atoms with Crippen molar-refractivity contribution in [2.24, 2.45) is 0 Å². The van der Waals surface area contributed by atoms with Crippen molar-refractivity contribution in [3.8, 4) is 16.9 Å². The predicted octanol–water partition coefficient (Wildman–Crippen LogP) is 3.80. The lowest BCUT2D eigenvalue weighted by Crippen LogP contribution is -2.14. The number of nitrogens with zero attached hydrogens (tertiary/aromatic N) is 1. The number of rotatable bonds is 5. The van der Waals surface area contributed by atoms with Crippen LogP contribution in [0, 0.1) is 0 Å². The molecule has 0 aliphatic carbocycles. The topological polar surface area (TPSA) is 81.4 Å². The van der Waals surface area contributed by atoms with E-state index in [0.717, 1.165) is 5.56 Å². The molecule has 0 aliphatic heterocycles. The number of hydrogen-bond donors (Lipinski definition) is 1. The fraction of sp³-hybridized carbons (Fsp3) is 0.0625. The molecule has 2 aromatic carbocycles. The van der Waals surface area contributed by atoms with Crippen LogP contribution in [0.5, 0.6) is 5.75 Å². The number of halogens is 1. The van der Waals surface area contributed by atoms with E-state index in [1.807, 2.05) is 30.3 Å². The van der Waals surface area contributed by atoms with Gasteiger partial charge in [0.05, 0.1) is 18.9 Å². The maximum absolute atomic E-state index is 12.7. The van der Waals surface area contributed by atoms with Crippen LogP contribution in [0.4, 0.5) is 5.88 Å². The summed E-state index contributed by atoms with van der Waals surface area (Å²) in [5, 5.41) is 3.95. The maximum Gasteiger partial charge on any atom is 0.268 e. The van der Waals surface area contributed by atoms with Gasteiger partial charge in [0.2, 0.25) is 5.88 Å². The fourth-order valence-electron chi connectivity index (χ4n) is 2.17. The van der Waals surface area contributed by atoms with Crippen LogP contribution in [0.15, 0.2) is 64.1 Å². The standard InChI is InChI=1S/C16H13ClN2O4S/c1-22-14-8-7-12(17)9-15(14)24(20,21)19-16-13(10-18-23-16)11-5-3-2-4-6-11/h2-10,19H,1H3. The monoisotopic (exact) mass is 364 g/mol. The zero-order valence-corrected chi connectivity index (χ0v) is 14.1. The van der Waals surface area contributed by atoms with Crippen LogP contribution in [-0.2, 0) is 10.0 Å². The van der Waals surface area contributed by atoms with Crippen LogP contribution in [0.2, 0.25) is 5.02 Å². The number of methoxy groups -OCH3 is 1. The second kappa shape index (κ2) is 6.54. The van der Waals surface area contributed by atoms with E-state index in [0.29, 0.717) is 5.56 Å². The van der Waals surface area contributed by atoms with Gasteiger partial charge in [0.1, 0.15) is 10.6 Å². The molecule has 0 amide bonds. The van der Waals surface area contributed by atoms with Crippen LogP contribution < -0.4 is 9.46 Å². The highest BCUT2D eigenvalue weighted by Gasteiger charge is 2.23. The Morgan fingerprint density at radius 1 is 1.17 bits per heavy atom. The molecule has 3 rings (SSSR count). The third-order valence-electron chi connectivity index (χ3n) is 3.30. The molecule has 8 heteroatoms. The molecule has 0 bridgehead atoms. The van der Waals surface area contributed by atoms with E-state index in [9.17, 15) is 8.42 Å². The summed E-state index contributed by atoms with van der Waals surface area (Å²) in [6.45, 7) is 0. The molecule has 0 aliphatic rings. The summed E-state index contributed by atoms with van der Waals surface area (Å²) >= 11 is 5.91. The van der Waals surface area contributed by atoms with Crippen molar-refractivity contribution < 1.29 is 17.7 Å². The molecule has 0 fully saturated rings. The van der Waals surface area contributed by atoms with Crippen molar-refractivity contribution in [2.45, 2.75) is 4.90 Å². The summed E-state index contributed by atoms with van der Waals surface area (Å²) in [5.41, 5.74) is 1.30. The third kappa shape index (κ3) is 3.22. The summed E-state index contributed by atoms with van der Waals surface area (Å²) in [5.74, 6) is 0.191. The summed E-state index contributed by atoms with van der Waals surface area (Å²) in [4.78, 5) is -0.0899. The minimum atomic E-state index is -3.97. The Bertz CT molecular complexity index is 955. The highest BCUT2D eigenvalue weighted by Crippen LogP contribution is 2.32. The third-order valence-corrected chi connectivity index (χ3v) is 4.88. The second-order valence-electron chi connectivity index (χ2n) is 4.84.